The van der Waals surface area contributed by atoms with Crippen LogP contribution in [0.4, 0.5) is 0 Å². The summed E-state index contributed by atoms with van der Waals surface area (Å²) >= 11 is 0. The van der Waals surface area contributed by atoms with Crippen molar-refractivity contribution in [1.82, 2.24) is 4.90 Å². The number of piperidine rings is 1. The highest BCUT2D eigenvalue weighted by atomic mass is 16.3. The Kier molecular flexibility index (Phi) is 4.05. The van der Waals surface area contributed by atoms with E-state index in [1.807, 2.05) is 0 Å². The molecule has 2 rings (SSSR count). The summed E-state index contributed by atoms with van der Waals surface area (Å²) in [6.45, 7) is 9.45. The Bertz CT molecular complexity index is 284. The minimum absolute atomic E-state index is 0.00448. The summed E-state index contributed by atoms with van der Waals surface area (Å²) in [5, 5.41) is 11.1. The molecule has 3 nitrogen and oxygen atoms in total. The second kappa shape index (κ2) is 5.10. The second-order valence-electron chi connectivity index (χ2n) is 6.99. The summed E-state index contributed by atoms with van der Waals surface area (Å²) in [7, 11) is 0. The number of nitrogens with two attached hydrogens (primary N) is 1. The van der Waals surface area contributed by atoms with Gasteiger partial charge in [-0.2, -0.15) is 0 Å². The molecule has 2 atom stereocenters. The predicted octanol–water partition coefficient (Wildman–Crippen LogP) is 1.99. The van der Waals surface area contributed by atoms with E-state index in [1.165, 1.54) is 6.42 Å². The Morgan fingerprint density at radius 2 is 1.89 bits per heavy atom. The molecule has 0 spiro atoms. The van der Waals surface area contributed by atoms with Crippen LogP contribution in [0.3, 0.4) is 0 Å². The minimum atomic E-state index is -0.516. The van der Waals surface area contributed by atoms with Gasteiger partial charge in [0, 0.05) is 31.1 Å². The van der Waals surface area contributed by atoms with Crippen molar-refractivity contribution in [2.24, 2.45) is 17.1 Å². The van der Waals surface area contributed by atoms with Gasteiger partial charge in [0.1, 0.15) is 0 Å². The summed E-state index contributed by atoms with van der Waals surface area (Å²) in [5.41, 5.74) is 5.55. The molecule has 0 aromatic carbocycles. The van der Waals surface area contributed by atoms with E-state index >= 15 is 0 Å². The van der Waals surface area contributed by atoms with Crippen molar-refractivity contribution in [3.63, 3.8) is 0 Å². The van der Waals surface area contributed by atoms with Gasteiger partial charge in [-0.3, -0.25) is 0 Å². The summed E-state index contributed by atoms with van der Waals surface area (Å²) < 4.78 is 0. The number of aliphatic hydroxyl groups is 1. The van der Waals surface area contributed by atoms with Crippen molar-refractivity contribution < 1.29 is 5.11 Å². The fourth-order valence-corrected chi connectivity index (χ4v) is 4.13. The van der Waals surface area contributed by atoms with Crippen molar-refractivity contribution in [3.8, 4) is 0 Å². The third kappa shape index (κ3) is 2.33. The normalized spacial score (nSPS) is 37.3. The van der Waals surface area contributed by atoms with Crippen LogP contribution in [0.5, 0.6) is 0 Å². The van der Waals surface area contributed by atoms with Crippen LogP contribution in [-0.4, -0.2) is 41.3 Å². The molecule has 2 unspecified atom stereocenters. The molecule has 1 saturated carbocycles. The molecule has 18 heavy (non-hydrogen) atoms. The molecule has 3 N–H and O–H groups in total. The molecule has 1 saturated heterocycles. The molecule has 2 fully saturated rings. The van der Waals surface area contributed by atoms with Crippen molar-refractivity contribution in [2.75, 3.05) is 19.6 Å². The quantitative estimate of drug-likeness (QED) is 0.810. The van der Waals surface area contributed by atoms with E-state index in [2.05, 4.69) is 25.7 Å². The molecule has 3 heteroatoms. The zero-order valence-electron chi connectivity index (χ0n) is 12.3. The van der Waals surface area contributed by atoms with Crippen LogP contribution in [0.15, 0.2) is 0 Å². The summed E-state index contributed by atoms with van der Waals surface area (Å²) in [4.78, 5) is 2.47. The Morgan fingerprint density at radius 1 is 1.28 bits per heavy atom. The number of hydrogen-bond donors (Lipinski definition) is 2. The molecule has 0 bridgehead atoms. The lowest BCUT2D eigenvalue weighted by Gasteiger charge is -2.50. The summed E-state index contributed by atoms with van der Waals surface area (Å²) in [6.07, 6.45) is 5.25. The van der Waals surface area contributed by atoms with E-state index in [-0.39, 0.29) is 5.41 Å². The van der Waals surface area contributed by atoms with Crippen LogP contribution < -0.4 is 5.73 Å². The van der Waals surface area contributed by atoms with Crippen LogP contribution in [0.25, 0.3) is 0 Å². The number of hydrogen-bond acceptors (Lipinski definition) is 3. The van der Waals surface area contributed by atoms with E-state index in [0.717, 1.165) is 44.7 Å². The summed E-state index contributed by atoms with van der Waals surface area (Å²) in [6, 6.07) is 0.589. The van der Waals surface area contributed by atoms with Crippen LogP contribution >= 0.6 is 0 Å². The van der Waals surface area contributed by atoms with E-state index in [1.54, 1.807) is 0 Å². The molecular weight excluding hydrogens is 224 g/mol. The van der Waals surface area contributed by atoms with E-state index < -0.39 is 5.60 Å². The van der Waals surface area contributed by atoms with Gasteiger partial charge in [-0.25, -0.2) is 0 Å². The van der Waals surface area contributed by atoms with Gasteiger partial charge >= 0.3 is 0 Å². The molecule has 1 aliphatic carbocycles. The maximum Gasteiger partial charge on any atom is 0.0740 e. The topological polar surface area (TPSA) is 49.5 Å². The predicted molar refractivity (Wildman–Crippen MR) is 75.4 cm³/mol. The van der Waals surface area contributed by atoms with Gasteiger partial charge < -0.3 is 15.7 Å². The average molecular weight is 254 g/mol. The zero-order chi connectivity index (χ0) is 13.4. The molecule has 0 radical (unpaired) electrons. The van der Waals surface area contributed by atoms with Crippen molar-refractivity contribution in [2.45, 2.75) is 64.5 Å². The molecule has 2 aliphatic rings. The standard InChI is InChI=1S/C15H30N2O/c1-12(2)17-8-6-15(18,7-9-17)14(11-16)5-4-13(3)10-14/h12-13,18H,4-11,16H2,1-3H3. The van der Waals surface area contributed by atoms with Crippen molar-refractivity contribution in [1.29, 1.82) is 0 Å². The largest absolute Gasteiger partial charge is 0.389 e. The SMILES string of the molecule is CC1CCC(CN)(C2(O)CCN(C(C)C)CC2)C1. The summed E-state index contributed by atoms with van der Waals surface area (Å²) in [5.74, 6) is 0.723. The monoisotopic (exact) mass is 254 g/mol. The fourth-order valence-electron chi connectivity index (χ4n) is 4.13. The molecule has 1 aliphatic heterocycles. The first-order valence-electron chi connectivity index (χ1n) is 7.59. The smallest absolute Gasteiger partial charge is 0.0740 e. The van der Waals surface area contributed by atoms with Crippen molar-refractivity contribution >= 4 is 0 Å². The molecule has 1 heterocycles. The Hall–Kier alpha value is -0.120. The van der Waals surface area contributed by atoms with Crippen LogP contribution in [0.1, 0.15) is 52.9 Å². The maximum atomic E-state index is 11.1. The van der Waals surface area contributed by atoms with Gasteiger partial charge in [0.05, 0.1) is 5.60 Å². The number of likely N-dealkylation sites (tertiary alicyclic amines) is 1. The number of nitrogens with zero attached hydrogens (tertiary/aromatic N) is 1. The lowest BCUT2D eigenvalue weighted by atomic mass is 9.65. The lowest BCUT2D eigenvalue weighted by Crippen LogP contribution is -2.57. The first kappa shape index (κ1) is 14.3. The lowest BCUT2D eigenvalue weighted by molar-refractivity contribution is -0.120. The number of rotatable bonds is 3. The van der Waals surface area contributed by atoms with E-state index in [9.17, 15) is 5.11 Å². The fraction of sp³-hybridized carbons (Fsp3) is 1.00. The first-order chi connectivity index (χ1) is 8.42. The highest BCUT2D eigenvalue weighted by molar-refractivity contribution is 5.05. The maximum absolute atomic E-state index is 11.1. The highest BCUT2D eigenvalue weighted by Crippen LogP contribution is 2.52. The van der Waals surface area contributed by atoms with Gasteiger partial charge in [-0.05, 0) is 45.4 Å². The van der Waals surface area contributed by atoms with E-state index in [4.69, 9.17) is 5.73 Å². The molecule has 106 valence electrons. The third-order valence-corrected chi connectivity index (χ3v) is 5.59. The van der Waals surface area contributed by atoms with Gasteiger partial charge in [0.15, 0.2) is 0 Å². The second-order valence-corrected chi connectivity index (χ2v) is 6.99. The molecule has 0 amide bonds. The van der Waals surface area contributed by atoms with Gasteiger partial charge in [-0.15, -0.1) is 0 Å². The van der Waals surface area contributed by atoms with Gasteiger partial charge in [-0.1, -0.05) is 13.3 Å². The molecule has 0 aromatic rings. The molecular formula is C15H30N2O. The first-order valence-corrected chi connectivity index (χ1v) is 7.59. The zero-order valence-corrected chi connectivity index (χ0v) is 12.3. The minimum Gasteiger partial charge on any atom is -0.389 e. The van der Waals surface area contributed by atoms with E-state index in [0.29, 0.717) is 12.6 Å². The highest BCUT2D eigenvalue weighted by Gasteiger charge is 2.53. The Morgan fingerprint density at radius 3 is 2.28 bits per heavy atom. The van der Waals surface area contributed by atoms with Crippen molar-refractivity contribution in [3.05, 3.63) is 0 Å². The third-order valence-electron chi connectivity index (χ3n) is 5.59. The Balaban J connectivity index is 2.08. The van der Waals surface area contributed by atoms with Crippen LogP contribution in [0.2, 0.25) is 0 Å². The van der Waals surface area contributed by atoms with Gasteiger partial charge in [0.2, 0.25) is 0 Å². The Labute approximate surface area is 112 Å². The molecule has 0 aromatic heterocycles. The van der Waals surface area contributed by atoms with Crippen LogP contribution in [-0.2, 0) is 0 Å². The average Bonchev–Trinajstić information content (AvgIpc) is 2.73. The van der Waals surface area contributed by atoms with Gasteiger partial charge in [0.25, 0.3) is 0 Å². The van der Waals surface area contributed by atoms with Crippen LogP contribution in [0, 0.1) is 11.3 Å².